The van der Waals surface area contributed by atoms with Gasteiger partial charge in [0.15, 0.2) is 0 Å². The first-order valence-electron chi connectivity index (χ1n) is 12.8. The molecule has 4 saturated carbocycles. The van der Waals surface area contributed by atoms with Gasteiger partial charge in [0.05, 0.1) is 11.7 Å². The number of hydrazone groups is 1. The van der Waals surface area contributed by atoms with Gasteiger partial charge in [-0.15, -0.1) is 0 Å². The molecule has 1 aromatic rings. The topological polar surface area (TPSA) is 74.6 Å². The van der Waals surface area contributed by atoms with E-state index < -0.39 is 0 Å². The van der Waals surface area contributed by atoms with Crippen molar-refractivity contribution >= 4 is 11.6 Å². The Morgan fingerprint density at radius 2 is 1.88 bits per heavy atom. The van der Waals surface area contributed by atoms with Crippen LogP contribution >= 0.6 is 0 Å². The van der Waals surface area contributed by atoms with Gasteiger partial charge in [-0.2, -0.15) is 5.10 Å². The second-order valence-electron chi connectivity index (χ2n) is 11.7. The van der Waals surface area contributed by atoms with Crippen molar-refractivity contribution in [3.63, 3.8) is 0 Å². The van der Waals surface area contributed by atoms with E-state index in [1.165, 1.54) is 44.9 Å². The van der Waals surface area contributed by atoms with Crippen LogP contribution in [0.15, 0.2) is 29.6 Å². The van der Waals surface area contributed by atoms with Crippen molar-refractivity contribution in [3.8, 4) is 0 Å². The highest BCUT2D eigenvalue weighted by molar-refractivity contribution is 5.95. The Morgan fingerprint density at radius 1 is 1.09 bits per heavy atom. The van der Waals surface area contributed by atoms with Gasteiger partial charge in [-0.3, -0.25) is 9.78 Å². The molecule has 4 aliphatic carbocycles. The van der Waals surface area contributed by atoms with Crippen molar-refractivity contribution in [1.82, 2.24) is 10.4 Å². The molecule has 174 valence electrons. The molecule has 0 saturated heterocycles. The lowest BCUT2D eigenvalue weighted by Gasteiger charge is -2.61. The lowest BCUT2D eigenvalue weighted by Crippen LogP contribution is -2.54. The van der Waals surface area contributed by atoms with Crippen LogP contribution in [0.25, 0.3) is 0 Å². The number of hydrogen-bond acceptors (Lipinski definition) is 4. The molecule has 0 aliphatic heterocycles. The number of hydrogen-bond donors (Lipinski definition) is 2. The highest BCUT2D eigenvalue weighted by Gasteiger charge is 2.60. The van der Waals surface area contributed by atoms with Gasteiger partial charge in [0.1, 0.15) is 0 Å². The minimum Gasteiger partial charge on any atom is -0.393 e. The van der Waals surface area contributed by atoms with Crippen molar-refractivity contribution in [1.29, 1.82) is 0 Å². The van der Waals surface area contributed by atoms with E-state index in [9.17, 15) is 9.90 Å². The third-order valence-electron chi connectivity index (χ3n) is 10.4. The van der Waals surface area contributed by atoms with E-state index in [4.69, 9.17) is 0 Å². The van der Waals surface area contributed by atoms with Crippen molar-refractivity contribution in [2.75, 3.05) is 0 Å². The molecule has 4 aliphatic rings. The van der Waals surface area contributed by atoms with Gasteiger partial charge in [0.2, 0.25) is 0 Å². The summed E-state index contributed by atoms with van der Waals surface area (Å²) in [6, 6.07) is 3.54. The Bertz CT molecular complexity index is 886. The monoisotopic (exact) mass is 437 g/mol. The van der Waals surface area contributed by atoms with E-state index in [1.54, 1.807) is 24.5 Å². The van der Waals surface area contributed by atoms with Gasteiger partial charge in [-0.05, 0) is 111 Å². The van der Waals surface area contributed by atoms with E-state index in [-0.39, 0.29) is 17.4 Å². The standard InChI is InChI=1S/C27H39N3O2/c1-17(29-30-25(32)18-5-4-14-28-16-18)22-8-9-23-21-7-6-19-15-20(31)10-12-26(19,2)24(21)11-13-27(22,23)3/h4-5,14,16,19-24,31H,6-13,15H2,1-3H3,(H,30,32)/b29-17+/t19-,20+,21+,22-,23+,24+,26+,27-/m1/s1. The molecule has 5 rings (SSSR count). The van der Waals surface area contributed by atoms with Crippen molar-refractivity contribution in [2.45, 2.75) is 84.7 Å². The predicted octanol–water partition coefficient (Wildman–Crippen LogP) is 5.21. The fraction of sp³-hybridized carbons (Fsp3) is 0.741. The zero-order valence-corrected chi connectivity index (χ0v) is 19.9. The van der Waals surface area contributed by atoms with E-state index >= 15 is 0 Å². The number of carbonyl (C=O) groups is 1. The SMILES string of the molecule is C/C(=N\NC(=O)c1cccnc1)[C@H]1CC[C@H]2[C@@H]3CC[C@@H]4C[C@@H](O)CC[C@]4(C)[C@H]3CC[C@]12C. The Kier molecular flexibility index (Phi) is 5.68. The van der Waals surface area contributed by atoms with E-state index in [1.807, 2.05) is 0 Å². The molecule has 5 nitrogen and oxygen atoms in total. The maximum absolute atomic E-state index is 12.4. The molecule has 0 radical (unpaired) electrons. The molecular weight excluding hydrogens is 398 g/mol. The third-order valence-corrected chi connectivity index (χ3v) is 10.4. The van der Waals surface area contributed by atoms with Crippen LogP contribution in [-0.2, 0) is 0 Å². The zero-order chi connectivity index (χ0) is 22.5. The number of aliphatic hydroxyl groups is 1. The Hall–Kier alpha value is -1.75. The first kappa shape index (κ1) is 22.1. The molecule has 0 unspecified atom stereocenters. The third kappa shape index (κ3) is 3.52. The number of aliphatic hydroxyl groups excluding tert-OH is 1. The maximum atomic E-state index is 12.4. The summed E-state index contributed by atoms with van der Waals surface area (Å²) < 4.78 is 0. The van der Waals surface area contributed by atoms with Crippen molar-refractivity contribution < 1.29 is 9.90 Å². The van der Waals surface area contributed by atoms with E-state index in [0.29, 0.717) is 22.8 Å². The molecule has 32 heavy (non-hydrogen) atoms. The number of fused-ring (bicyclic) bond motifs is 5. The second-order valence-corrected chi connectivity index (χ2v) is 11.7. The highest BCUT2D eigenvalue weighted by Crippen LogP contribution is 2.67. The molecule has 0 spiro atoms. The summed E-state index contributed by atoms with van der Waals surface area (Å²) >= 11 is 0. The minimum absolute atomic E-state index is 0.0740. The minimum atomic E-state index is -0.188. The van der Waals surface area contributed by atoms with Crippen LogP contribution in [0.5, 0.6) is 0 Å². The van der Waals surface area contributed by atoms with E-state index in [2.05, 4.69) is 36.3 Å². The summed E-state index contributed by atoms with van der Waals surface area (Å²) in [6.45, 7) is 7.16. The lowest BCUT2D eigenvalue weighted by atomic mass is 9.44. The van der Waals surface area contributed by atoms with Crippen LogP contribution < -0.4 is 5.43 Å². The molecule has 1 aromatic heterocycles. The van der Waals surface area contributed by atoms with Crippen LogP contribution in [0.1, 0.15) is 88.9 Å². The fourth-order valence-electron chi connectivity index (χ4n) is 8.70. The molecular formula is C27H39N3O2. The van der Waals surface area contributed by atoms with Gasteiger partial charge in [-0.1, -0.05) is 13.8 Å². The molecule has 2 N–H and O–H groups in total. The average Bonchev–Trinajstić information content (AvgIpc) is 3.15. The first-order valence-corrected chi connectivity index (χ1v) is 12.8. The summed E-state index contributed by atoms with van der Waals surface area (Å²) in [5.41, 5.74) is 5.10. The number of nitrogens with zero attached hydrogens (tertiary/aromatic N) is 2. The molecule has 8 atom stereocenters. The van der Waals surface area contributed by atoms with Crippen LogP contribution in [0, 0.1) is 40.4 Å². The molecule has 1 heterocycles. The summed E-state index contributed by atoms with van der Waals surface area (Å²) in [4.78, 5) is 16.5. The first-order chi connectivity index (χ1) is 15.3. The summed E-state index contributed by atoms with van der Waals surface area (Å²) in [7, 11) is 0. The average molecular weight is 438 g/mol. The number of aromatic nitrogens is 1. The molecule has 0 aromatic carbocycles. The number of nitrogens with one attached hydrogen (secondary N) is 1. The van der Waals surface area contributed by atoms with Gasteiger partial charge in [0.25, 0.3) is 5.91 Å². The molecule has 0 bridgehead atoms. The smallest absolute Gasteiger partial charge is 0.272 e. The molecule has 4 fully saturated rings. The van der Waals surface area contributed by atoms with Gasteiger partial charge >= 0.3 is 0 Å². The number of carbonyl (C=O) groups excluding carboxylic acids is 1. The maximum Gasteiger partial charge on any atom is 0.272 e. The quantitative estimate of drug-likeness (QED) is 0.504. The normalized spacial score (nSPS) is 43.7. The van der Waals surface area contributed by atoms with Crippen molar-refractivity contribution in [3.05, 3.63) is 30.1 Å². The lowest BCUT2D eigenvalue weighted by molar-refractivity contribution is -0.123. The van der Waals surface area contributed by atoms with Gasteiger partial charge in [-0.25, -0.2) is 5.43 Å². The largest absolute Gasteiger partial charge is 0.393 e. The van der Waals surface area contributed by atoms with Crippen LogP contribution in [0.2, 0.25) is 0 Å². The van der Waals surface area contributed by atoms with Crippen LogP contribution in [0.3, 0.4) is 0 Å². The second kappa shape index (κ2) is 8.23. The summed E-state index contributed by atoms with van der Waals surface area (Å²) in [5.74, 6) is 3.35. The van der Waals surface area contributed by atoms with E-state index in [0.717, 1.165) is 36.3 Å². The molecule has 1 amide bonds. The summed E-state index contributed by atoms with van der Waals surface area (Å²) in [6.07, 6.45) is 14.1. The highest BCUT2D eigenvalue weighted by atomic mass is 16.3. The summed E-state index contributed by atoms with van der Waals surface area (Å²) in [5, 5.41) is 14.8. The Balaban J connectivity index is 1.31. The fourth-order valence-corrected chi connectivity index (χ4v) is 8.70. The van der Waals surface area contributed by atoms with Crippen molar-refractivity contribution in [2.24, 2.45) is 45.5 Å². The number of amides is 1. The van der Waals surface area contributed by atoms with Gasteiger partial charge in [0, 0.05) is 24.0 Å². The Labute approximate surface area is 192 Å². The number of pyridine rings is 1. The molecule has 5 heteroatoms. The Morgan fingerprint density at radius 3 is 2.66 bits per heavy atom. The number of rotatable bonds is 3. The van der Waals surface area contributed by atoms with Crippen LogP contribution in [-0.4, -0.2) is 27.8 Å². The van der Waals surface area contributed by atoms with Crippen LogP contribution in [0.4, 0.5) is 0 Å². The van der Waals surface area contributed by atoms with Gasteiger partial charge < -0.3 is 5.11 Å². The predicted molar refractivity (Wildman–Crippen MR) is 126 cm³/mol. The zero-order valence-electron chi connectivity index (χ0n) is 19.9.